The van der Waals surface area contributed by atoms with Gasteiger partial charge in [0.05, 0.1) is 5.75 Å². The number of fused-ring (bicyclic) bond motifs is 3. The van der Waals surface area contributed by atoms with Crippen LogP contribution in [-0.2, 0) is 17.6 Å². The summed E-state index contributed by atoms with van der Waals surface area (Å²) in [6.07, 6.45) is 5.02. The molecule has 162 valence electrons. The lowest BCUT2D eigenvalue weighted by Gasteiger charge is -2.18. The van der Waals surface area contributed by atoms with Gasteiger partial charge in [-0.25, -0.2) is 9.97 Å². The monoisotopic (exact) mass is 460 g/mol. The predicted molar refractivity (Wildman–Crippen MR) is 134 cm³/mol. The first-order valence-electron chi connectivity index (χ1n) is 10.8. The molecule has 1 unspecified atom stereocenters. The van der Waals surface area contributed by atoms with E-state index < -0.39 is 0 Å². The van der Waals surface area contributed by atoms with E-state index in [-0.39, 0.29) is 5.91 Å². The Balaban J connectivity index is 1.22. The van der Waals surface area contributed by atoms with Crippen molar-refractivity contribution in [2.24, 2.45) is 5.92 Å². The van der Waals surface area contributed by atoms with Crippen molar-refractivity contribution in [1.82, 2.24) is 9.97 Å². The molecule has 5 rings (SSSR count). The molecule has 4 aromatic rings. The van der Waals surface area contributed by atoms with E-state index in [1.165, 1.54) is 28.6 Å². The number of nitrogens with zero attached hydrogens (tertiary/aromatic N) is 2. The fraction of sp³-hybridized carbons (Fsp3) is 0.240. The highest BCUT2D eigenvalue weighted by Gasteiger charge is 2.23. The second-order valence-electron chi connectivity index (χ2n) is 8.12. The highest BCUT2D eigenvalue weighted by atomic mass is 32.2. The Kier molecular flexibility index (Phi) is 6.10. The molecule has 2 N–H and O–H groups in total. The maximum absolute atomic E-state index is 12.6. The first-order chi connectivity index (χ1) is 15.7. The molecular weight excluding hydrogens is 436 g/mol. The summed E-state index contributed by atoms with van der Waals surface area (Å²) < 4.78 is 0. The minimum atomic E-state index is -0.0387. The quantitative estimate of drug-likeness (QED) is 0.261. The predicted octanol–water partition coefficient (Wildman–Crippen LogP) is 6.29. The van der Waals surface area contributed by atoms with Crippen LogP contribution in [0, 0.1) is 5.92 Å². The molecular formula is C25H24N4OS2. The zero-order valence-electron chi connectivity index (χ0n) is 17.8. The summed E-state index contributed by atoms with van der Waals surface area (Å²) in [5.41, 5.74) is 4.18. The SMILES string of the molecule is CC1CCc2c(sc3ncnc(SCC(=O)Nc4ccc(Nc5ccccc5)cc4)c23)C1. The van der Waals surface area contributed by atoms with E-state index in [0.29, 0.717) is 5.75 Å². The number of nitrogens with one attached hydrogen (secondary N) is 2. The number of benzene rings is 2. The molecule has 0 aliphatic heterocycles. The molecule has 1 atom stereocenters. The van der Waals surface area contributed by atoms with Gasteiger partial charge in [0.25, 0.3) is 0 Å². The molecule has 5 nitrogen and oxygen atoms in total. The largest absolute Gasteiger partial charge is 0.356 e. The van der Waals surface area contributed by atoms with Gasteiger partial charge in [-0.1, -0.05) is 36.9 Å². The van der Waals surface area contributed by atoms with Crippen molar-refractivity contribution in [3.8, 4) is 0 Å². The Morgan fingerprint density at radius 1 is 1.06 bits per heavy atom. The molecule has 0 saturated heterocycles. The van der Waals surface area contributed by atoms with Gasteiger partial charge in [-0.3, -0.25) is 4.79 Å². The summed E-state index contributed by atoms with van der Waals surface area (Å²) in [6, 6.07) is 17.7. The Morgan fingerprint density at radius 2 is 1.81 bits per heavy atom. The third-order valence-electron chi connectivity index (χ3n) is 5.63. The van der Waals surface area contributed by atoms with E-state index in [4.69, 9.17) is 0 Å². The highest BCUT2D eigenvalue weighted by Crippen LogP contribution is 2.40. The minimum Gasteiger partial charge on any atom is -0.356 e. The molecule has 7 heteroatoms. The van der Waals surface area contributed by atoms with Crippen molar-refractivity contribution in [3.63, 3.8) is 0 Å². The summed E-state index contributed by atoms with van der Waals surface area (Å²) in [5.74, 6) is 1.000. The van der Waals surface area contributed by atoms with Crippen LogP contribution in [0.2, 0.25) is 0 Å². The normalized spacial score (nSPS) is 15.3. The van der Waals surface area contributed by atoms with Gasteiger partial charge in [0.1, 0.15) is 16.2 Å². The zero-order valence-corrected chi connectivity index (χ0v) is 19.4. The number of anilines is 3. The van der Waals surface area contributed by atoms with Crippen molar-refractivity contribution < 1.29 is 4.79 Å². The number of thioether (sulfide) groups is 1. The smallest absolute Gasteiger partial charge is 0.234 e. The lowest BCUT2D eigenvalue weighted by Crippen LogP contribution is -2.14. The van der Waals surface area contributed by atoms with Gasteiger partial charge in [-0.2, -0.15) is 0 Å². The fourth-order valence-electron chi connectivity index (χ4n) is 4.01. The second kappa shape index (κ2) is 9.30. The molecule has 0 fully saturated rings. The van der Waals surface area contributed by atoms with Gasteiger partial charge >= 0.3 is 0 Å². The summed E-state index contributed by atoms with van der Waals surface area (Å²) in [5, 5.41) is 8.40. The van der Waals surface area contributed by atoms with Gasteiger partial charge in [0.2, 0.25) is 5.91 Å². The molecule has 0 radical (unpaired) electrons. The molecule has 32 heavy (non-hydrogen) atoms. The highest BCUT2D eigenvalue weighted by molar-refractivity contribution is 8.00. The molecule has 2 aromatic heterocycles. The van der Waals surface area contributed by atoms with Crippen LogP contribution in [0.4, 0.5) is 17.1 Å². The van der Waals surface area contributed by atoms with Crippen LogP contribution in [0.15, 0.2) is 66.0 Å². The van der Waals surface area contributed by atoms with Crippen molar-refractivity contribution in [1.29, 1.82) is 0 Å². The van der Waals surface area contributed by atoms with Gasteiger partial charge in [0.15, 0.2) is 0 Å². The molecule has 1 aliphatic carbocycles. The molecule has 0 spiro atoms. The average Bonchev–Trinajstić information content (AvgIpc) is 3.18. The number of amides is 1. The molecule has 0 bridgehead atoms. The lowest BCUT2D eigenvalue weighted by molar-refractivity contribution is -0.113. The first-order valence-corrected chi connectivity index (χ1v) is 12.6. The summed E-state index contributed by atoms with van der Waals surface area (Å²) >= 11 is 3.28. The zero-order chi connectivity index (χ0) is 21.9. The molecule has 2 heterocycles. The van der Waals surface area contributed by atoms with E-state index in [1.807, 2.05) is 54.6 Å². The first kappa shape index (κ1) is 21.0. The maximum atomic E-state index is 12.6. The lowest BCUT2D eigenvalue weighted by atomic mass is 9.89. The van der Waals surface area contributed by atoms with Crippen molar-refractivity contribution in [2.75, 3.05) is 16.4 Å². The number of carbonyl (C=O) groups excluding carboxylic acids is 1. The number of aryl methyl sites for hydroxylation is 1. The number of hydrogen-bond acceptors (Lipinski definition) is 6. The number of hydrogen-bond donors (Lipinski definition) is 2. The Labute approximate surface area is 195 Å². The Morgan fingerprint density at radius 3 is 2.62 bits per heavy atom. The van der Waals surface area contributed by atoms with Crippen LogP contribution in [0.1, 0.15) is 23.8 Å². The summed E-state index contributed by atoms with van der Waals surface area (Å²) in [4.78, 5) is 24.1. The van der Waals surface area contributed by atoms with E-state index in [2.05, 4.69) is 27.5 Å². The number of aromatic nitrogens is 2. The van der Waals surface area contributed by atoms with E-state index in [1.54, 1.807) is 17.7 Å². The molecule has 1 amide bonds. The van der Waals surface area contributed by atoms with E-state index in [9.17, 15) is 4.79 Å². The molecule has 0 saturated carbocycles. The van der Waals surface area contributed by atoms with Gasteiger partial charge in [-0.15, -0.1) is 11.3 Å². The van der Waals surface area contributed by atoms with Crippen molar-refractivity contribution >= 4 is 56.3 Å². The van der Waals surface area contributed by atoms with Gasteiger partial charge in [0, 0.05) is 27.3 Å². The summed E-state index contributed by atoms with van der Waals surface area (Å²) in [7, 11) is 0. The molecule has 2 aromatic carbocycles. The van der Waals surface area contributed by atoms with Crippen LogP contribution in [-0.4, -0.2) is 21.6 Å². The number of rotatable bonds is 6. The third kappa shape index (κ3) is 4.64. The number of para-hydroxylation sites is 1. The van der Waals surface area contributed by atoms with Crippen LogP contribution in [0.3, 0.4) is 0 Å². The second-order valence-corrected chi connectivity index (χ2v) is 10.2. The van der Waals surface area contributed by atoms with Crippen LogP contribution in [0.5, 0.6) is 0 Å². The van der Waals surface area contributed by atoms with Crippen molar-refractivity contribution in [3.05, 3.63) is 71.4 Å². The van der Waals surface area contributed by atoms with Crippen LogP contribution in [0.25, 0.3) is 10.2 Å². The van der Waals surface area contributed by atoms with Crippen LogP contribution >= 0.6 is 23.1 Å². The average molecular weight is 461 g/mol. The van der Waals surface area contributed by atoms with E-state index >= 15 is 0 Å². The number of carbonyl (C=O) groups is 1. The maximum Gasteiger partial charge on any atom is 0.234 e. The molecule has 1 aliphatic rings. The topological polar surface area (TPSA) is 66.9 Å². The Bertz CT molecular complexity index is 1240. The standard InChI is InChI=1S/C25H24N4OS2/c1-16-7-12-20-21(13-16)32-25-23(20)24(26-15-27-25)31-14-22(30)29-19-10-8-18(9-11-19)28-17-5-3-2-4-6-17/h2-6,8-11,15-16,28H,7,12-14H2,1H3,(H,29,30). The minimum absolute atomic E-state index is 0.0387. The fourth-order valence-corrected chi connectivity index (χ4v) is 6.25. The third-order valence-corrected chi connectivity index (χ3v) is 7.78. The van der Waals surface area contributed by atoms with Gasteiger partial charge in [-0.05, 0) is 67.1 Å². The Hall–Kier alpha value is -2.90. The van der Waals surface area contributed by atoms with Gasteiger partial charge < -0.3 is 10.6 Å². The number of thiophene rings is 1. The van der Waals surface area contributed by atoms with E-state index in [0.717, 1.165) is 51.1 Å². The summed E-state index contributed by atoms with van der Waals surface area (Å²) in [6.45, 7) is 2.31. The van der Waals surface area contributed by atoms with Crippen molar-refractivity contribution in [2.45, 2.75) is 31.2 Å². The van der Waals surface area contributed by atoms with Crippen LogP contribution < -0.4 is 10.6 Å².